The Morgan fingerprint density at radius 3 is 1.69 bits per heavy atom. The van der Waals surface area contributed by atoms with Gasteiger partial charge in [0.15, 0.2) is 11.9 Å². The van der Waals surface area contributed by atoms with Crippen LogP contribution < -0.4 is 16.0 Å². The molecule has 0 fully saturated rings. The highest BCUT2D eigenvalue weighted by Crippen LogP contribution is 2.18. The summed E-state index contributed by atoms with van der Waals surface area (Å²) < 4.78 is 18.2. The van der Waals surface area contributed by atoms with Crippen LogP contribution in [0.4, 0.5) is 0 Å². The van der Waals surface area contributed by atoms with E-state index in [1.54, 1.807) is 0 Å². The maximum absolute atomic E-state index is 6.06. The maximum atomic E-state index is 6.06. The van der Waals surface area contributed by atoms with Gasteiger partial charge in [0.05, 0.1) is 0 Å². The zero-order valence-corrected chi connectivity index (χ0v) is 25.5. The molecule has 208 valence electrons. The van der Waals surface area contributed by atoms with E-state index in [9.17, 15) is 0 Å². The van der Waals surface area contributed by atoms with Gasteiger partial charge in [-0.1, -0.05) is 0 Å². The molecule has 3 N–H and O–H groups in total. The minimum atomic E-state index is -2.68. The van der Waals surface area contributed by atoms with Gasteiger partial charge in [0.25, 0.3) is 0 Å². The van der Waals surface area contributed by atoms with Crippen molar-refractivity contribution >= 4 is 20.7 Å². The van der Waals surface area contributed by atoms with Gasteiger partial charge >= 0.3 is 8.80 Å². The molecule has 0 rings (SSSR count). The highest BCUT2D eigenvalue weighted by Gasteiger charge is 2.39. The van der Waals surface area contributed by atoms with Crippen LogP contribution in [0.15, 0.2) is 9.98 Å². The Labute approximate surface area is 217 Å². The van der Waals surface area contributed by atoms with Crippen molar-refractivity contribution in [2.24, 2.45) is 9.98 Å². The second-order valence-corrected chi connectivity index (χ2v) is 12.4. The summed E-state index contributed by atoms with van der Waals surface area (Å²) in [6.07, 6.45) is 0.889. The topological polar surface area (TPSA) is 91.7 Å². The Morgan fingerprint density at radius 2 is 1.26 bits per heavy atom. The predicted octanol–water partition coefficient (Wildman–Crippen LogP) is 3.84. The van der Waals surface area contributed by atoms with Gasteiger partial charge in [0.1, 0.15) is 0 Å². The Hall–Kier alpha value is -1.36. The average Bonchev–Trinajstić information content (AvgIpc) is 2.71. The summed E-state index contributed by atoms with van der Waals surface area (Å²) >= 11 is 0. The lowest BCUT2D eigenvalue weighted by Crippen LogP contribution is -2.50. The predicted molar refractivity (Wildman–Crippen MR) is 151 cm³/mol. The largest absolute Gasteiger partial charge is 0.500 e. The van der Waals surface area contributed by atoms with Crippen LogP contribution in [0.5, 0.6) is 0 Å². The van der Waals surface area contributed by atoms with E-state index >= 15 is 0 Å². The molecular formula is C25H56N6O3Si. The SMILES string of the molecule is CCO[Si](CCCN(CCN/C(=N\C(C)C)NC(C)C)C(=NC(C)C)NC(C)C)(OCC)OCC. The van der Waals surface area contributed by atoms with Gasteiger partial charge in [0.2, 0.25) is 0 Å². The second-order valence-electron chi connectivity index (χ2n) is 9.72. The van der Waals surface area contributed by atoms with E-state index in [0.29, 0.717) is 25.9 Å². The minimum absolute atomic E-state index is 0.191. The first-order chi connectivity index (χ1) is 16.5. The van der Waals surface area contributed by atoms with Crippen LogP contribution in [0.3, 0.4) is 0 Å². The van der Waals surface area contributed by atoms with Crippen molar-refractivity contribution in [3.05, 3.63) is 0 Å². The smallest absolute Gasteiger partial charge is 0.374 e. The van der Waals surface area contributed by atoms with Crippen molar-refractivity contribution in [3.63, 3.8) is 0 Å². The highest BCUT2D eigenvalue weighted by molar-refractivity contribution is 6.60. The molecule has 0 saturated heterocycles. The molecule has 0 aliphatic rings. The Bertz CT molecular complexity index is 583. The molecular weight excluding hydrogens is 460 g/mol. The molecule has 0 radical (unpaired) electrons. The van der Waals surface area contributed by atoms with Gasteiger partial charge in [0, 0.05) is 69.7 Å². The van der Waals surface area contributed by atoms with Crippen LogP contribution in [0.25, 0.3) is 0 Å². The zero-order valence-electron chi connectivity index (χ0n) is 24.5. The first-order valence-corrected chi connectivity index (χ1v) is 15.5. The molecule has 0 amide bonds. The molecule has 0 spiro atoms. The van der Waals surface area contributed by atoms with E-state index in [1.807, 2.05) is 20.8 Å². The van der Waals surface area contributed by atoms with E-state index < -0.39 is 8.80 Å². The molecule has 0 saturated carbocycles. The number of guanidine groups is 2. The summed E-state index contributed by atoms with van der Waals surface area (Å²) in [6, 6.07) is 1.78. The number of nitrogens with one attached hydrogen (secondary N) is 3. The van der Waals surface area contributed by atoms with Gasteiger partial charge in [-0.15, -0.1) is 0 Å². The maximum Gasteiger partial charge on any atom is 0.500 e. The van der Waals surface area contributed by atoms with Crippen LogP contribution in [0, 0.1) is 0 Å². The zero-order chi connectivity index (χ0) is 26.9. The molecule has 0 aromatic rings. The first-order valence-electron chi connectivity index (χ1n) is 13.6. The molecule has 0 unspecified atom stereocenters. The number of hydrogen-bond acceptors (Lipinski definition) is 5. The lowest BCUT2D eigenvalue weighted by molar-refractivity contribution is 0.0704. The van der Waals surface area contributed by atoms with Crippen molar-refractivity contribution in [2.45, 2.75) is 113 Å². The summed E-state index contributed by atoms with van der Waals surface area (Å²) in [6.45, 7) is 27.0. The minimum Gasteiger partial charge on any atom is -0.374 e. The number of nitrogens with zero attached hydrogens (tertiary/aromatic N) is 3. The quantitative estimate of drug-likeness (QED) is 0.154. The van der Waals surface area contributed by atoms with Crippen LogP contribution >= 0.6 is 0 Å². The van der Waals surface area contributed by atoms with Crippen LogP contribution in [0.2, 0.25) is 6.04 Å². The standard InChI is InChI=1S/C25H56N6O3Si/c1-12-32-35(33-13-2,34-14-3)19-15-17-31(25(29-22(8)9)30-23(10)11)18-16-26-24(27-20(4)5)28-21(6)7/h20-23H,12-19H2,1-11H3,(H,29,30)(H2,26,27,28). The Kier molecular flexibility index (Phi) is 18.1. The first kappa shape index (κ1) is 33.6. The molecule has 0 bridgehead atoms. The van der Waals surface area contributed by atoms with Gasteiger partial charge in [-0.05, 0) is 82.6 Å². The van der Waals surface area contributed by atoms with Crippen LogP contribution in [-0.4, -0.2) is 89.2 Å². The number of rotatable bonds is 17. The normalized spacial score (nSPS) is 13.3. The fourth-order valence-corrected chi connectivity index (χ4v) is 6.09. The van der Waals surface area contributed by atoms with Gasteiger partial charge in [-0.25, -0.2) is 0 Å². The Balaban J connectivity index is 5.56. The molecule has 0 aromatic heterocycles. The molecule has 0 aliphatic heterocycles. The van der Waals surface area contributed by atoms with E-state index in [0.717, 1.165) is 44.0 Å². The van der Waals surface area contributed by atoms with Gasteiger partial charge in [-0.2, -0.15) is 0 Å². The van der Waals surface area contributed by atoms with Crippen LogP contribution in [0.1, 0.15) is 82.6 Å². The van der Waals surface area contributed by atoms with Crippen molar-refractivity contribution < 1.29 is 13.3 Å². The third-order valence-corrected chi connectivity index (χ3v) is 7.74. The molecule has 0 atom stereocenters. The summed E-state index contributed by atoms with van der Waals surface area (Å²) in [7, 11) is -2.68. The molecule has 0 aliphatic carbocycles. The molecule has 0 heterocycles. The van der Waals surface area contributed by atoms with Crippen LogP contribution in [-0.2, 0) is 13.3 Å². The monoisotopic (exact) mass is 516 g/mol. The van der Waals surface area contributed by atoms with E-state index in [2.05, 4.69) is 76.2 Å². The fourth-order valence-electron chi connectivity index (χ4n) is 3.50. The third kappa shape index (κ3) is 16.1. The molecule has 10 heteroatoms. The van der Waals surface area contributed by atoms with Crippen molar-refractivity contribution in [1.29, 1.82) is 0 Å². The highest BCUT2D eigenvalue weighted by atomic mass is 28.4. The molecule has 9 nitrogen and oxygen atoms in total. The van der Waals surface area contributed by atoms with E-state index in [-0.39, 0.29) is 18.1 Å². The van der Waals surface area contributed by atoms with Gasteiger partial charge in [-0.3, -0.25) is 9.98 Å². The Morgan fingerprint density at radius 1 is 0.743 bits per heavy atom. The summed E-state index contributed by atoms with van der Waals surface area (Å²) in [4.78, 5) is 11.9. The summed E-state index contributed by atoms with van der Waals surface area (Å²) in [5, 5.41) is 10.5. The fraction of sp³-hybridized carbons (Fsp3) is 0.920. The number of aliphatic imine (C=N–C) groups is 2. The number of hydrogen-bond donors (Lipinski definition) is 3. The van der Waals surface area contributed by atoms with E-state index in [4.69, 9.17) is 23.3 Å². The lowest BCUT2D eigenvalue weighted by atomic mass is 10.3. The summed E-state index contributed by atoms with van der Waals surface area (Å²) in [5.41, 5.74) is 0. The second kappa shape index (κ2) is 18.8. The lowest BCUT2D eigenvalue weighted by Gasteiger charge is -2.32. The van der Waals surface area contributed by atoms with Crippen molar-refractivity contribution in [1.82, 2.24) is 20.9 Å². The molecule has 35 heavy (non-hydrogen) atoms. The average molecular weight is 517 g/mol. The van der Waals surface area contributed by atoms with Gasteiger partial charge < -0.3 is 34.1 Å². The van der Waals surface area contributed by atoms with Crippen molar-refractivity contribution in [3.8, 4) is 0 Å². The summed E-state index contributed by atoms with van der Waals surface area (Å²) in [5.74, 6) is 1.76. The van der Waals surface area contributed by atoms with Crippen molar-refractivity contribution in [2.75, 3.05) is 39.5 Å². The third-order valence-electron chi connectivity index (χ3n) is 4.59. The van der Waals surface area contributed by atoms with E-state index in [1.165, 1.54) is 0 Å². The molecule has 0 aromatic carbocycles.